The summed E-state index contributed by atoms with van der Waals surface area (Å²) in [5.41, 5.74) is 3.20. The number of halogens is 2. The third-order valence-corrected chi connectivity index (χ3v) is 4.27. The van der Waals surface area contributed by atoms with E-state index in [0.717, 1.165) is 11.3 Å². The second kappa shape index (κ2) is 6.34. The van der Waals surface area contributed by atoms with Crippen LogP contribution in [0.2, 0.25) is 5.02 Å². The molecule has 2 aromatic heterocycles. The van der Waals surface area contributed by atoms with Gasteiger partial charge in [0, 0.05) is 5.02 Å². The van der Waals surface area contributed by atoms with Crippen molar-refractivity contribution in [3.05, 3.63) is 64.6 Å². The predicted octanol–water partition coefficient (Wildman–Crippen LogP) is 4.39. The number of hydrogen-bond donors (Lipinski definition) is 0. The van der Waals surface area contributed by atoms with Gasteiger partial charge in [-0.25, -0.2) is 9.07 Å². The molecule has 4 rings (SSSR count). The van der Waals surface area contributed by atoms with Crippen LogP contribution in [0.15, 0.2) is 47.0 Å². The second-order valence-corrected chi connectivity index (χ2v) is 6.21. The summed E-state index contributed by atoms with van der Waals surface area (Å²) in [6, 6.07) is 11.8. The highest BCUT2D eigenvalue weighted by molar-refractivity contribution is 6.30. The van der Waals surface area contributed by atoms with Gasteiger partial charge in [0.15, 0.2) is 5.69 Å². The molecule has 2 aromatic carbocycles. The van der Waals surface area contributed by atoms with Crippen LogP contribution in [0, 0.1) is 19.7 Å². The first-order valence-corrected chi connectivity index (χ1v) is 8.20. The first-order chi connectivity index (χ1) is 12.5. The standard InChI is InChI=1S/C18H13ClFN5O/c1-10-7-8-12(19)9-15(10)25-11(2)16(22-24-25)18-21-17(23-26-18)13-5-3-4-6-14(13)20/h3-9H,1-2H3. The Morgan fingerprint density at radius 2 is 1.92 bits per heavy atom. The Balaban J connectivity index is 1.76. The molecule has 2 heterocycles. The van der Waals surface area contributed by atoms with Crippen LogP contribution in [0.5, 0.6) is 0 Å². The van der Waals surface area contributed by atoms with E-state index < -0.39 is 5.82 Å². The lowest BCUT2D eigenvalue weighted by atomic mass is 10.2. The number of nitrogens with zero attached hydrogens (tertiary/aromatic N) is 5. The molecule has 0 saturated heterocycles. The topological polar surface area (TPSA) is 69.6 Å². The second-order valence-electron chi connectivity index (χ2n) is 5.77. The summed E-state index contributed by atoms with van der Waals surface area (Å²) < 4.78 is 20.8. The monoisotopic (exact) mass is 369 g/mol. The summed E-state index contributed by atoms with van der Waals surface area (Å²) in [5.74, 6) is -0.0903. The average molecular weight is 370 g/mol. The third-order valence-electron chi connectivity index (χ3n) is 4.04. The smallest absolute Gasteiger partial charge is 0.280 e. The van der Waals surface area contributed by atoms with Crippen LogP contribution in [0.1, 0.15) is 11.3 Å². The van der Waals surface area contributed by atoms with Crippen LogP contribution >= 0.6 is 11.6 Å². The molecule has 8 heteroatoms. The number of rotatable bonds is 3. The molecule has 0 aliphatic rings. The SMILES string of the molecule is Cc1ccc(Cl)cc1-n1nnc(-c2nc(-c3ccccc3F)no2)c1C. The van der Waals surface area contributed by atoms with Gasteiger partial charge >= 0.3 is 0 Å². The van der Waals surface area contributed by atoms with Crippen molar-refractivity contribution in [2.75, 3.05) is 0 Å². The largest absolute Gasteiger partial charge is 0.332 e. The van der Waals surface area contributed by atoms with Crippen molar-refractivity contribution >= 4 is 11.6 Å². The number of hydrogen-bond acceptors (Lipinski definition) is 5. The normalized spacial score (nSPS) is 11.1. The number of benzene rings is 2. The van der Waals surface area contributed by atoms with Crippen LogP contribution in [0.25, 0.3) is 28.7 Å². The van der Waals surface area contributed by atoms with E-state index >= 15 is 0 Å². The van der Waals surface area contributed by atoms with Crippen molar-refractivity contribution in [1.82, 2.24) is 25.1 Å². The molecule has 0 amide bonds. The summed E-state index contributed by atoms with van der Waals surface area (Å²) in [7, 11) is 0. The maximum absolute atomic E-state index is 13.9. The molecule has 0 fully saturated rings. The van der Waals surface area contributed by atoms with Crippen molar-refractivity contribution in [3.8, 4) is 28.7 Å². The minimum Gasteiger partial charge on any atom is -0.332 e. The van der Waals surface area contributed by atoms with Crippen LogP contribution in [0.3, 0.4) is 0 Å². The number of aryl methyl sites for hydroxylation is 1. The molecule has 0 aliphatic carbocycles. The Labute approximate surface area is 153 Å². The van der Waals surface area contributed by atoms with E-state index in [4.69, 9.17) is 16.1 Å². The van der Waals surface area contributed by atoms with Gasteiger partial charge in [-0.1, -0.05) is 40.2 Å². The summed E-state index contributed by atoms with van der Waals surface area (Å²) in [6.45, 7) is 3.79. The lowest BCUT2D eigenvalue weighted by Gasteiger charge is -2.07. The minimum atomic E-state index is -0.422. The highest BCUT2D eigenvalue weighted by atomic mass is 35.5. The first-order valence-electron chi connectivity index (χ1n) is 7.82. The van der Waals surface area contributed by atoms with Crippen molar-refractivity contribution < 1.29 is 8.91 Å². The maximum Gasteiger partial charge on any atom is 0.280 e. The van der Waals surface area contributed by atoms with Crippen molar-refractivity contribution in [2.24, 2.45) is 0 Å². The molecule has 0 bridgehead atoms. The molecule has 26 heavy (non-hydrogen) atoms. The van der Waals surface area contributed by atoms with Gasteiger partial charge in [0.05, 0.1) is 16.9 Å². The van der Waals surface area contributed by atoms with E-state index in [1.807, 2.05) is 26.0 Å². The Bertz CT molecular complexity index is 1100. The maximum atomic E-state index is 13.9. The van der Waals surface area contributed by atoms with Crippen LogP contribution in [-0.2, 0) is 0 Å². The zero-order valence-electron chi connectivity index (χ0n) is 13.9. The fourth-order valence-corrected chi connectivity index (χ4v) is 2.80. The van der Waals surface area contributed by atoms with E-state index in [1.54, 1.807) is 28.9 Å². The van der Waals surface area contributed by atoms with Gasteiger partial charge in [-0.2, -0.15) is 4.98 Å². The van der Waals surface area contributed by atoms with E-state index in [1.165, 1.54) is 6.07 Å². The van der Waals surface area contributed by atoms with Gasteiger partial charge < -0.3 is 4.52 Å². The van der Waals surface area contributed by atoms with E-state index in [9.17, 15) is 4.39 Å². The zero-order valence-corrected chi connectivity index (χ0v) is 14.7. The molecular formula is C18H13ClFN5O. The summed E-state index contributed by atoms with van der Waals surface area (Å²) in [6.07, 6.45) is 0. The van der Waals surface area contributed by atoms with Crippen molar-refractivity contribution in [1.29, 1.82) is 0 Å². The Kier molecular flexibility index (Phi) is 4.00. The fourth-order valence-electron chi connectivity index (χ4n) is 2.64. The molecule has 0 saturated carbocycles. The molecule has 6 nitrogen and oxygen atoms in total. The molecule has 0 atom stereocenters. The average Bonchev–Trinajstić information content (AvgIpc) is 3.24. The highest BCUT2D eigenvalue weighted by Crippen LogP contribution is 2.27. The quantitative estimate of drug-likeness (QED) is 0.535. The van der Waals surface area contributed by atoms with Gasteiger partial charge in [-0.3, -0.25) is 0 Å². The summed E-state index contributed by atoms with van der Waals surface area (Å²) >= 11 is 6.09. The zero-order chi connectivity index (χ0) is 18.3. The minimum absolute atomic E-state index is 0.158. The Morgan fingerprint density at radius 3 is 2.73 bits per heavy atom. The molecule has 0 unspecified atom stereocenters. The van der Waals surface area contributed by atoms with E-state index in [0.29, 0.717) is 16.4 Å². The van der Waals surface area contributed by atoms with Gasteiger partial charge in [-0.15, -0.1) is 5.10 Å². The lowest BCUT2D eigenvalue weighted by Crippen LogP contribution is -2.01. The van der Waals surface area contributed by atoms with Gasteiger partial charge in [-0.05, 0) is 43.7 Å². The molecule has 0 aliphatic heterocycles. The molecule has 4 aromatic rings. The fraction of sp³-hybridized carbons (Fsp3) is 0.111. The molecule has 0 N–H and O–H groups in total. The van der Waals surface area contributed by atoms with Gasteiger partial charge in [0.2, 0.25) is 5.82 Å². The highest BCUT2D eigenvalue weighted by Gasteiger charge is 2.20. The number of aromatic nitrogens is 5. The van der Waals surface area contributed by atoms with Crippen molar-refractivity contribution in [3.63, 3.8) is 0 Å². The van der Waals surface area contributed by atoms with Gasteiger partial charge in [0.1, 0.15) is 5.82 Å². The molecule has 0 spiro atoms. The Morgan fingerprint density at radius 1 is 1.12 bits per heavy atom. The van der Waals surface area contributed by atoms with Crippen LogP contribution in [-0.4, -0.2) is 25.1 Å². The Hall–Kier alpha value is -3.06. The van der Waals surface area contributed by atoms with E-state index in [2.05, 4.69) is 20.5 Å². The molecular weight excluding hydrogens is 357 g/mol. The molecule has 130 valence electrons. The lowest BCUT2D eigenvalue weighted by molar-refractivity contribution is 0.430. The van der Waals surface area contributed by atoms with Crippen molar-refractivity contribution in [2.45, 2.75) is 13.8 Å². The summed E-state index contributed by atoms with van der Waals surface area (Å²) in [4.78, 5) is 4.26. The van der Waals surface area contributed by atoms with Gasteiger partial charge in [0.25, 0.3) is 5.89 Å². The third kappa shape index (κ3) is 2.76. The van der Waals surface area contributed by atoms with Crippen LogP contribution < -0.4 is 0 Å². The molecule has 0 radical (unpaired) electrons. The predicted molar refractivity (Wildman–Crippen MR) is 94.5 cm³/mol. The van der Waals surface area contributed by atoms with E-state index in [-0.39, 0.29) is 17.3 Å². The summed E-state index contributed by atoms with van der Waals surface area (Å²) in [5, 5.41) is 12.8. The first kappa shape index (κ1) is 16.4. The van der Waals surface area contributed by atoms with Crippen LogP contribution in [0.4, 0.5) is 4.39 Å².